The molecule has 1 aliphatic heterocycles. The Labute approximate surface area is 184 Å². The van der Waals surface area contributed by atoms with Crippen LogP contribution in [-0.4, -0.2) is 36.5 Å². The molecule has 0 radical (unpaired) electrons. The van der Waals surface area contributed by atoms with Crippen molar-refractivity contribution in [2.45, 2.75) is 50.7 Å². The smallest absolute Gasteiger partial charge is 0.315 e. The van der Waals surface area contributed by atoms with E-state index in [4.69, 9.17) is 4.74 Å². The van der Waals surface area contributed by atoms with Crippen molar-refractivity contribution in [3.05, 3.63) is 65.7 Å². The lowest BCUT2D eigenvalue weighted by molar-refractivity contribution is -0.144. The lowest BCUT2D eigenvalue weighted by Crippen LogP contribution is -2.49. The Morgan fingerprint density at radius 1 is 0.968 bits per heavy atom. The molecule has 6 heteroatoms. The molecule has 2 aromatic carbocycles. The Morgan fingerprint density at radius 3 is 2.29 bits per heavy atom. The molecule has 1 unspecified atom stereocenters. The van der Waals surface area contributed by atoms with Crippen LogP contribution in [0.3, 0.4) is 0 Å². The van der Waals surface area contributed by atoms with Gasteiger partial charge >= 0.3 is 6.03 Å². The van der Waals surface area contributed by atoms with Crippen LogP contribution >= 0.6 is 0 Å². The van der Waals surface area contributed by atoms with E-state index in [2.05, 4.69) is 22.8 Å². The molecule has 31 heavy (non-hydrogen) atoms. The lowest BCUT2D eigenvalue weighted by Gasteiger charge is -2.44. The third-order valence-corrected chi connectivity index (χ3v) is 6.51. The molecular formula is C25H31N3O3. The largest absolute Gasteiger partial charge is 0.497 e. The molecule has 1 heterocycles. The maximum atomic E-state index is 13.0. The van der Waals surface area contributed by atoms with Crippen LogP contribution in [0, 0.1) is 5.92 Å². The summed E-state index contributed by atoms with van der Waals surface area (Å²) in [6, 6.07) is 18.1. The number of likely N-dealkylation sites (tertiary alicyclic amines) is 1. The van der Waals surface area contributed by atoms with Gasteiger partial charge in [0.15, 0.2) is 0 Å². The number of benzene rings is 2. The van der Waals surface area contributed by atoms with E-state index in [1.807, 2.05) is 47.4 Å². The third-order valence-electron chi connectivity index (χ3n) is 6.51. The molecule has 1 saturated carbocycles. The van der Waals surface area contributed by atoms with Crippen molar-refractivity contribution < 1.29 is 14.3 Å². The molecule has 4 rings (SSSR count). The summed E-state index contributed by atoms with van der Waals surface area (Å²) in [4.78, 5) is 27.3. The fourth-order valence-corrected chi connectivity index (χ4v) is 4.55. The molecule has 2 fully saturated rings. The summed E-state index contributed by atoms with van der Waals surface area (Å²) < 4.78 is 5.15. The molecule has 164 valence electrons. The number of ether oxygens (including phenoxy) is 1. The molecule has 1 atom stereocenters. The zero-order valence-corrected chi connectivity index (χ0v) is 18.0. The van der Waals surface area contributed by atoms with Gasteiger partial charge in [-0.3, -0.25) is 4.79 Å². The van der Waals surface area contributed by atoms with Gasteiger partial charge in [-0.2, -0.15) is 0 Å². The highest BCUT2D eigenvalue weighted by Gasteiger charge is 2.38. The van der Waals surface area contributed by atoms with Gasteiger partial charge in [0.05, 0.1) is 13.2 Å². The summed E-state index contributed by atoms with van der Waals surface area (Å²) in [6.45, 7) is 1.32. The van der Waals surface area contributed by atoms with Gasteiger partial charge < -0.3 is 20.3 Å². The van der Waals surface area contributed by atoms with E-state index in [1.54, 1.807) is 7.11 Å². The first kappa shape index (κ1) is 21.2. The molecule has 1 aliphatic carbocycles. The number of urea groups is 1. The van der Waals surface area contributed by atoms with Crippen LogP contribution in [0.5, 0.6) is 5.75 Å². The molecule has 0 aromatic heterocycles. The number of amides is 3. The first-order valence-electron chi connectivity index (χ1n) is 11.2. The Kier molecular flexibility index (Phi) is 6.75. The normalized spacial score (nSPS) is 22.9. The van der Waals surface area contributed by atoms with E-state index < -0.39 is 0 Å². The van der Waals surface area contributed by atoms with Crippen molar-refractivity contribution in [1.82, 2.24) is 15.5 Å². The Hall–Kier alpha value is -3.02. The second kappa shape index (κ2) is 9.86. The van der Waals surface area contributed by atoms with E-state index in [0.29, 0.717) is 6.54 Å². The molecule has 0 spiro atoms. The van der Waals surface area contributed by atoms with Crippen molar-refractivity contribution in [2.75, 3.05) is 13.7 Å². The van der Waals surface area contributed by atoms with Crippen LogP contribution in [0.4, 0.5) is 4.79 Å². The summed E-state index contributed by atoms with van der Waals surface area (Å²) in [7, 11) is 1.63. The Morgan fingerprint density at radius 2 is 1.68 bits per heavy atom. The number of rotatable bonds is 6. The molecule has 0 bridgehead atoms. The van der Waals surface area contributed by atoms with Gasteiger partial charge in [0.25, 0.3) is 0 Å². The number of hydrogen-bond acceptors (Lipinski definition) is 3. The van der Waals surface area contributed by atoms with Crippen molar-refractivity contribution in [3.8, 4) is 5.75 Å². The number of methoxy groups -OCH3 is 1. The summed E-state index contributed by atoms with van der Waals surface area (Å²) in [5.41, 5.74) is 2.25. The topological polar surface area (TPSA) is 70.7 Å². The molecule has 6 nitrogen and oxygen atoms in total. The summed E-state index contributed by atoms with van der Waals surface area (Å²) in [5.74, 6) is 1.15. The standard InChI is InChI=1S/C25H31N3O3/c1-31-22-13-7-18(8-14-22)17-26-25(30)27-21-11-9-20(10-12-21)24(29)28-16-15-23(28)19-5-3-2-4-6-19/h2-8,13-14,20-21,23H,9-12,15-17H2,1H3,(H2,26,27,30). The molecule has 2 N–H and O–H groups in total. The first-order chi connectivity index (χ1) is 15.1. The average Bonchev–Trinajstić information content (AvgIpc) is 2.78. The highest BCUT2D eigenvalue weighted by Crippen LogP contribution is 2.37. The number of carbonyl (C=O) groups excluding carboxylic acids is 2. The quantitative estimate of drug-likeness (QED) is 0.740. The fraction of sp³-hybridized carbons (Fsp3) is 0.440. The zero-order valence-electron chi connectivity index (χ0n) is 18.0. The second-order valence-electron chi connectivity index (χ2n) is 8.47. The van der Waals surface area contributed by atoms with Crippen LogP contribution in [0.15, 0.2) is 54.6 Å². The lowest BCUT2D eigenvalue weighted by atomic mass is 9.83. The van der Waals surface area contributed by atoms with Gasteiger partial charge in [-0.15, -0.1) is 0 Å². The van der Waals surface area contributed by atoms with E-state index in [-0.39, 0.29) is 29.9 Å². The highest BCUT2D eigenvalue weighted by atomic mass is 16.5. The van der Waals surface area contributed by atoms with Gasteiger partial charge in [-0.25, -0.2) is 4.79 Å². The minimum atomic E-state index is -0.155. The van der Waals surface area contributed by atoms with Gasteiger partial charge in [-0.1, -0.05) is 42.5 Å². The summed E-state index contributed by atoms with van der Waals surface area (Å²) in [5, 5.41) is 5.98. The van der Waals surface area contributed by atoms with E-state index in [1.165, 1.54) is 5.56 Å². The maximum Gasteiger partial charge on any atom is 0.315 e. The zero-order chi connectivity index (χ0) is 21.6. The van der Waals surface area contributed by atoms with Crippen LogP contribution in [0.2, 0.25) is 0 Å². The fourth-order valence-electron chi connectivity index (χ4n) is 4.55. The van der Waals surface area contributed by atoms with Crippen LogP contribution in [0.1, 0.15) is 49.3 Å². The van der Waals surface area contributed by atoms with Crippen LogP contribution in [-0.2, 0) is 11.3 Å². The predicted molar refractivity (Wildman–Crippen MR) is 120 cm³/mol. The number of nitrogens with one attached hydrogen (secondary N) is 2. The summed E-state index contributed by atoms with van der Waals surface area (Å²) >= 11 is 0. The van der Waals surface area contributed by atoms with Gasteiger partial charge in [0.1, 0.15) is 5.75 Å². The van der Waals surface area contributed by atoms with E-state index in [0.717, 1.165) is 50.0 Å². The minimum Gasteiger partial charge on any atom is -0.497 e. The molecule has 2 aliphatic rings. The molecular weight excluding hydrogens is 390 g/mol. The number of nitrogens with zero attached hydrogens (tertiary/aromatic N) is 1. The van der Waals surface area contributed by atoms with Gasteiger partial charge in [0.2, 0.25) is 5.91 Å². The highest BCUT2D eigenvalue weighted by molar-refractivity contribution is 5.80. The Bertz CT molecular complexity index is 877. The Balaban J connectivity index is 1.19. The van der Waals surface area contributed by atoms with Gasteiger partial charge in [0, 0.05) is 25.0 Å². The van der Waals surface area contributed by atoms with Crippen molar-refractivity contribution in [2.24, 2.45) is 5.92 Å². The number of hydrogen-bond donors (Lipinski definition) is 2. The van der Waals surface area contributed by atoms with Crippen LogP contribution in [0.25, 0.3) is 0 Å². The number of carbonyl (C=O) groups is 2. The van der Waals surface area contributed by atoms with Crippen molar-refractivity contribution in [1.29, 1.82) is 0 Å². The van der Waals surface area contributed by atoms with E-state index >= 15 is 0 Å². The minimum absolute atomic E-state index is 0.0759. The molecule has 3 amide bonds. The van der Waals surface area contributed by atoms with E-state index in [9.17, 15) is 9.59 Å². The molecule has 2 aromatic rings. The van der Waals surface area contributed by atoms with Gasteiger partial charge in [-0.05, 0) is 55.4 Å². The first-order valence-corrected chi connectivity index (χ1v) is 11.2. The molecule has 1 saturated heterocycles. The third kappa shape index (κ3) is 5.19. The SMILES string of the molecule is COc1ccc(CNC(=O)NC2CCC(C(=O)N3CCC3c3ccccc3)CC2)cc1. The van der Waals surface area contributed by atoms with Crippen LogP contribution < -0.4 is 15.4 Å². The predicted octanol–water partition coefficient (Wildman–Crippen LogP) is 4.03. The maximum absolute atomic E-state index is 13.0. The monoisotopic (exact) mass is 421 g/mol. The average molecular weight is 422 g/mol. The summed E-state index contributed by atoms with van der Waals surface area (Å²) in [6.07, 6.45) is 4.40. The van der Waals surface area contributed by atoms with Crippen molar-refractivity contribution >= 4 is 11.9 Å². The second-order valence-corrected chi connectivity index (χ2v) is 8.47. The van der Waals surface area contributed by atoms with Crippen molar-refractivity contribution in [3.63, 3.8) is 0 Å².